The largest absolute Gasteiger partial charge is 0.321 e. The highest BCUT2D eigenvalue weighted by Gasteiger charge is 2.25. The van der Waals surface area contributed by atoms with Crippen LogP contribution < -0.4 is 5.73 Å². The molecule has 4 nitrogen and oxygen atoms in total. The van der Waals surface area contributed by atoms with Crippen LogP contribution in [0, 0.1) is 12.8 Å². The zero-order chi connectivity index (χ0) is 12.4. The van der Waals surface area contributed by atoms with E-state index in [1.807, 2.05) is 6.92 Å². The molecule has 2 N–H and O–H groups in total. The molecule has 2 rings (SSSR count). The molecular formula is C13H24N4. The zero-order valence-electron chi connectivity index (χ0n) is 11.2. The van der Waals surface area contributed by atoms with Crippen molar-refractivity contribution >= 4 is 0 Å². The highest BCUT2D eigenvalue weighted by Crippen LogP contribution is 2.31. The highest BCUT2D eigenvalue weighted by molar-refractivity contribution is 5.03. The van der Waals surface area contributed by atoms with Crippen LogP contribution in [0.4, 0.5) is 0 Å². The van der Waals surface area contributed by atoms with Gasteiger partial charge in [-0.3, -0.25) is 0 Å². The van der Waals surface area contributed by atoms with Crippen molar-refractivity contribution < 1.29 is 0 Å². The van der Waals surface area contributed by atoms with Crippen LogP contribution in [0.5, 0.6) is 0 Å². The van der Waals surface area contributed by atoms with E-state index in [0.717, 1.165) is 11.6 Å². The fourth-order valence-electron chi connectivity index (χ4n) is 2.70. The quantitative estimate of drug-likeness (QED) is 0.878. The third-order valence-corrected chi connectivity index (χ3v) is 3.85. The number of hydrogen-bond acceptors (Lipinski definition) is 3. The topological polar surface area (TPSA) is 56.7 Å². The molecule has 0 aromatic carbocycles. The van der Waals surface area contributed by atoms with Crippen molar-refractivity contribution in [2.24, 2.45) is 11.7 Å². The van der Waals surface area contributed by atoms with Crippen LogP contribution in [-0.4, -0.2) is 14.8 Å². The number of rotatable bonds is 3. The molecule has 17 heavy (non-hydrogen) atoms. The molecule has 0 amide bonds. The van der Waals surface area contributed by atoms with E-state index in [2.05, 4.69) is 28.6 Å². The second kappa shape index (κ2) is 5.17. The molecule has 4 heteroatoms. The first-order valence-electron chi connectivity index (χ1n) is 6.78. The van der Waals surface area contributed by atoms with Crippen molar-refractivity contribution in [3.8, 4) is 0 Å². The van der Waals surface area contributed by atoms with Gasteiger partial charge in [0, 0.05) is 6.04 Å². The van der Waals surface area contributed by atoms with Gasteiger partial charge < -0.3 is 10.3 Å². The van der Waals surface area contributed by atoms with E-state index in [4.69, 9.17) is 5.73 Å². The molecule has 1 aliphatic carbocycles. The molecule has 0 bridgehead atoms. The Morgan fingerprint density at radius 3 is 2.41 bits per heavy atom. The predicted octanol–water partition coefficient (Wildman–Crippen LogP) is 2.75. The molecule has 1 heterocycles. The third kappa shape index (κ3) is 2.51. The van der Waals surface area contributed by atoms with Gasteiger partial charge in [0.1, 0.15) is 11.6 Å². The predicted molar refractivity (Wildman–Crippen MR) is 68.6 cm³/mol. The van der Waals surface area contributed by atoms with Crippen molar-refractivity contribution in [3.63, 3.8) is 0 Å². The smallest absolute Gasteiger partial charge is 0.150 e. The molecule has 0 aliphatic heterocycles. The lowest BCUT2D eigenvalue weighted by Gasteiger charge is -2.27. The van der Waals surface area contributed by atoms with Gasteiger partial charge in [-0.1, -0.05) is 33.1 Å². The van der Waals surface area contributed by atoms with Gasteiger partial charge in [0.2, 0.25) is 0 Å². The summed E-state index contributed by atoms with van der Waals surface area (Å²) in [7, 11) is 0. The standard InChI is InChI=1S/C13H24N4/c1-9(2)12(14)13-16-15-10(3)17(13)11-7-5-4-6-8-11/h9,11-12H,4-8,14H2,1-3H3/t12-/m1/s1. The lowest BCUT2D eigenvalue weighted by molar-refractivity contribution is 0.327. The zero-order valence-corrected chi connectivity index (χ0v) is 11.2. The van der Waals surface area contributed by atoms with Crippen molar-refractivity contribution in [1.29, 1.82) is 0 Å². The maximum Gasteiger partial charge on any atom is 0.150 e. The summed E-state index contributed by atoms with van der Waals surface area (Å²) in [6.45, 7) is 6.32. The fourth-order valence-corrected chi connectivity index (χ4v) is 2.70. The Hall–Kier alpha value is -0.900. The number of nitrogens with two attached hydrogens (primary N) is 1. The van der Waals surface area contributed by atoms with Crippen LogP contribution in [0.1, 0.15) is 69.7 Å². The monoisotopic (exact) mass is 236 g/mol. The highest BCUT2D eigenvalue weighted by atomic mass is 15.3. The molecular weight excluding hydrogens is 212 g/mol. The lowest BCUT2D eigenvalue weighted by Crippen LogP contribution is -2.25. The van der Waals surface area contributed by atoms with E-state index in [0.29, 0.717) is 12.0 Å². The minimum atomic E-state index is -0.00173. The molecule has 0 radical (unpaired) electrons. The minimum absolute atomic E-state index is 0.00173. The molecule has 1 saturated carbocycles. The van der Waals surface area contributed by atoms with Crippen molar-refractivity contribution in [2.75, 3.05) is 0 Å². The average molecular weight is 236 g/mol. The molecule has 1 aromatic rings. The first-order valence-corrected chi connectivity index (χ1v) is 6.78. The van der Waals surface area contributed by atoms with Gasteiger partial charge in [-0.2, -0.15) is 0 Å². The van der Waals surface area contributed by atoms with Crippen molar-refractivity contribution in [2.45, 2.75) is 65.0 Å². The summed E-state index contributed by atoms with van der Waals surface area (Å²) in [6, 6.07) is 0.566. The summed E-state index contributed by atoms with van der Waals surface area (Å²) >= 11 is 0. The number of nitrogens with zero attached hydrogens (tertiary/aromatic N) is 3. The Balaban J connectivity index is 2.28. The number of hydrogen-bond donors (Lipinski definition) is 1. The van der Waals surface area contributed by atoms with Crippen molar-refractivity contribution in [1.82, 2.24) is 14.8 Å². The van der Waals surface area contributed by atoms with Gasteiger partial charge in [-0.15, -0.1) is 10.2 Å². The van der Waals surface area contributed by atoms with Gasteiger partial charge in [-0.05, 0) is 25.7 Å². The maximum atomic E-state index is 6.24. The number of aryl methyl sites for hydroxylation is 1. The average Bonchev–Trinajstić information content (AvgIpc) is 2.71. The SMILES string of the molecule is Cc1nnc([C@H](N)C(C)C)n1C1CCCCC1. The van der Waals surface area contributed by atoms with Crippen LogP contribution in [0.3, 0.4) is 0 Å². The molecule has 96 valence electrons. The van der Waals surface area contributed by atoms with Gasteiger partial charge >= 0.3 is 0 Å². The summed E-state index contributed by atoms with van der Waals surface area (Å²) in [4.78, 5) is 0. The van der Waals surface area contributed by atoms with Gasteiger partial charge in [-0.25, -0.2) is 0 Å². The summed E-state index contributed by atoms with van der Waals surface area (Å²) in [5.74, 6) is 2.40. The fraction of sp³-hybridized carbons (Fsp3) is 0.846. The Morgan fingerprint density at radius 2 is 1.82 bits per heavy atom. The summed E-state index contributed by atoms with van der Waals surface area (Å²) in [5, 5.41) is 8.53. The summed E-state index contributed by atoms with van der Waals surface area (Å²) < 4.78 is 2.30. The van der Waals surface area contributed by atoms with Gasteiger partial charge in [0.15, 0.2) is 0 Å². The Morgan fingerprint density at radius 1 is 1.18 bits per heavy atom. The second-order valence-corrected chi connectivity index (χ2v) is 5.54. The Bertz CT molecular complexity index is 363. The van der Waals surface area contributed by atoms with Crippen LogP contribution in [-0.2, 0) is 0 Å². The molecule has 0 saturated heterocycles. The minimum Gasteiger partial charge on any atom is -0.321 e. The molecule has 1 atom stereocenters. The first kappa shape index (κ1) is 12.6. The van der Waals surface area contributed by atoms with E-state index >= 15 is 0 Å². The third-order valence-electron chi connectivity index (χ3n) is 3.85. The van der Waals surface area contributed by atoms with Gasteiger partial charge in [0.25, 0.3) is 0 Å². The van der Waals surface area contributed by atoms with Crippen LogP contribution >= 0.6 is 0 Å². The van der Waals surface area contributed by atoms with E-state index in [9.17, 15) is 0 Å². The Kier molecular flexibility index (Phi) is 3.82. The normalized spacial score (nSPS) is 19.8. The summed E-state index contributed by atoms with van der Waals surface area (Å²) in [5.41, 5.74) is 6.24. The maximum absolute atomic E-state index is 6.24. The molecule has 1 fully saturated rings. The van der Waals surface area contributed by atoms with E-state index in [1.54, 1.807) is 0 Å². The van der Waals surface area contributed by atoms with Crippen LogP contribution in [0.15, 0.2) is 0 Å². The van der Waals surface area contributed by atoms with E-state index in [1.165, 1.54) is 32.1 Å². The molecule has 1 aromatic heterocycles. The lowest BCUT2D eigenvalue weighted by atomic mass is 9.94. The van der Waals surface area contributed by atoms with Crippen LogP contribution in [0.25, 0.3) is 0 Å². The van der Waals surface area contributed by atoms with Crippen molar-refractivity contribution in [3.05, 3.63) is 11.6 Å². The van der Waals surface area contributed by atoms with Gasteiger partial charge in [0.05, 0.1) is 6.04 Å². The summed E-state index contributed by atoms with van der Waals surface area (Å²) in [6.07, 6.45) is 6.49. The second-order valence-electron chi connectivity index (χ2n) is 5.54. The molecule has 0 unspecified atom stereocenters. The van der Waals surface area contributed by atoms with E-state index < -0.39 is 0 Å². The molecule has 0 spiro atoms. The first-order chi connectivity index (χ1) is 8.11. The van der Waals surface area contributed by atoms with E-state index in [-0.39, 0.29) is 6.04 Å². The Labute approximate surface area is 104 Å². The van der Waals surface area contributed by atoms with Crippen LogP contribution in [0.2, 0.25) is 0 Å². The number of aromatic nitrogens is 3. The molecule has 1 aliphatic rings.